The molecule has 3 nitrogen and oxygen atoms in total. The Labute approximate surface area is 168 Å². The Hall–Kier alpha value is -2.75. The second-order valence-corrected chi connectivity index (χ2v) is 6.64. The highest BCUT2D eigenvalue weighted by molar-refractivity contribution is 6.35. The molecule has 3 rings (SSSR count). The van der Waals surface area contributed by atoms with Crippen LogP contribution in [-0.4, -0.2) is 5.91 Å². The maximum Gasteiger partial charge on any atom is 0.248 e. The van der Waals surface area contributed by atoms with Crippen molar-refractivity contribution in [2.24, 2.45) is 0 Å². The summed E-state index contributed by atoms with van der Waals surface area (Å²) in [6.45, 7) is 0.488. The summed E-state index contributed by atoms with van der Waals surface area (Å²) in [5.74, 6) is 0.439. The molecule has 0 heterocycles. The van der Waals surface area contributed by atoms with Crippen molar-refractivity contribution in [3.8, 4) is 5.75 Å². The Bertz CT molecular complexity index is 956. The summed E-state index contributed by atoms with van der Waals surface area (Å²) in [6.07, 6.45) is 3.15. The van der Waals surface area contributed by atoms with Gasteiger partial charge in [-0.3, -0.25) is 4.79 Å². The summed E-state index contributed by atoms with van der Waals surface area (Å²) in [6, 6.07) is 22.4. The van der Waals surface area contributed by atoms with Crippen LogP contribution in [0.3, 0.4) is 0 Å². The maximum absolute atomic E-state index is 12.1. The lowest BCUT2D eigenvalue weighted by Gasteiger charge is -2.07. The van der Waals surface area contributed by atoms with E-state index in [4.69, 9.17) is 27.9 Å². The topological polar surface area (TPSA) is 38.3 Å². The van der Waals surface area contributed by atoms with Gasteiger partial charge in [0, 0.05) is 11.1 Å². The SMILES string of the molecule is O=C(/C=C/c1cccc(OCc2ccccc2)c1)Nc1cc(Cl)ccc1Cl. The fourth-order valence-electron chi connectivity index (χ4n) is 2.39. The molecule has 0 fully saturated rings. The number of anilines is 1. The average molecular weight is 398 g/mol. The van der Waals surface area contributed by atoms with E-state index in [0.29, 0.717) is 22.3 Å². The monoisotopic (exact) mass is 397 g/mol. The van der Waals surface area contributed by atoms with E-state index in [1.807, 2.05) is 54.6 Å². The molecule has 3 aromatic rings. The van der Waals surface area contributed by atoms with Crippen LogP contribution in [0.5, 0.6) is 5.75 Å². The lowest BCUT2D eigenvalue weighted by Crippen LogP contribution is -2.08. The van der Waals surface area contributed by atoms with E-state index in [1.165, 1.54) is 6.08 Å². The Morgan fingerprint density at radius 1 is 0.963 bits per heavy atom. The molecule has 0 unspecified atom stereocenters. The number of hydrogen-bond acceptors (Lipinski definition) is 2. The third-order valence-corrected chi connectivity index (χ3v) is 4.28. The molecular formula is C22H17Cl2NO2. The van der Waals surface area contributed by atoms with E-state index >= 15 is 0 Å². The largest absolute Gasteiger partial charge is 0.489 e. The highest BCUT2D eigenvalue weighted by Gasteiger charge is 2.04. The van der Waals surface area contributed by atoms with Gasteiger partial charge in [0.15, 0.2) is 0 Å². The zero-order valence-corrected chi connectivity index (χ0v) is 15.9. The van der Waals surface area contributed by atoms with Crippen LogP contribution in [0.4, 0.5) is 5.69 Å². The first-order valence-corrected chi connectivity index (χ1v) is 9.07. The number of rotatable bonds is 6. The standard InChI is InChI=1S/C22H17Cl2NO2/c23-18-10-11-20(24)21(14-18)25-22(26)12-9-16-7-4-8-19(13-16)27-15-17-5-2-1-3-6-17/h1-14H,15H2,(H,25,26)/b12-9+. The molecule has 0 aliphatic heterocycles. The van der Waals surface area contributed by atoms with Crippen LogP contribution in [0.15, 0.2) is 78.9 Å². The predicted octanol–water partition coefficient (Wildman–Crippen LogP) is 6.22. The Morgan fingerprint density at radius 2 is 1.78 bits per heavy atom. The molecule has 0 spiro atoms. The van der Waals surface area contributed by atoms with Gasteiger partial charge in [0.2, 0.25) is 5.91 Å². The van der Waals surface area contributed by atoms with Crippen LogP contribution in [0.2, 0.25) is 10.0 Å². The van der Waals surface area contributed by atoms with Crippen LogP contribution >= 0.6 is 23.2 Å². The van der Waals surface area contributed by atoms with Crippen LogP contribution in [0, 0.1) is 0 Å². The Kier molecular flexibility index (Phi) is 6.53. The summed E-state index contributed by atoms with van der Waals surface area (Å²) < 4.78 is 5.80. The van der Waals surface area contributed by atoms with Crippen molar-refractivity contribution in [3.63, 3.8) is 0 Å². The molecule has 0 saturated heterocycles. The summed E-state index contributed by atoms with van der Waals surface area (Å²) >= 11 is 12.0. The molecule has 0 aliphatic carbocycles. The smallest absolute Gasteiger partial charge is 0.248 e. The van der Waals surface area contributed by atoms with Gasteiger partial charge < -0.3 is 10.1 Å². The van der Waals surface area contributed by atoms with E-state index in [2.05, 4.69) is 5.32 Å². The highest BCUT2D eigenvalue weighted by atomic mass is 35.5. The van der Waals surface area contributed by atoms with Crippen molar-refractivity contribution in [3.05, 3.63) is 100 Å². The second-order valence-electron chi connectivity index (χ2n) is 5.79. The molecular weight excluding hydrogens is 381 g/mol. The normalized spacial score (nSPS) is 10.7. The van der Waals surface area contributed by atoms with Gasteiger partial charge in [0.05, 0.1) is 10.7 Å². The van der Waals surface area contributed by atoms with Crippen molar-refractivity contribution in [1.82, 2.24) is 0 Å². The first-order chi connectivity index (χ1) is 13.1. The quantitative estimate of drug-likeness (QED) is 0.501. The lowest BCUT2D eigenvalue weighted by molar-refractivity contribution is -0.111. The van der Waals surface area contributed by atoms with Crippen LogP contribution in [0.1, 0.15) is 11.1 Å². The van der Waals surface area contributed by atoms with Gasteiger partial charge in [-0.1, -0.05) is 65.7 Å². The van der Waals surface area contributed by atoms with Gasteiger partial charge in [-0.15, -0.1) is 0 Å². The van der Waals surface area contributed by atoms with Crippen molar-refractivity contribution in [2.45, 2.75) is 6.61 Å². The van der Waals surface area contributed by atoms with Crippen molar-refractivity contribution in [1.29, 1.82) is 0 Å². The molecule has 5 heteroatoms. The molecule has 0 aliphatic rings. The minimum atomic E-state index is -0.297. The van der Waals surface area contributed by atoms with Gasteiger partial charge in [-0.05, 0) is 47.5 Å². The van der Waals surface area contributed by atoms with Gasteiger partial charge in [-0.25, -0.2) is 0 Å². The number of carbonyl (C=O) groups excluding carboxylic acids is 1. The number of nitrogens with one attached hydrogen (secondary N) is 1. The number of benzene rings is 3. The van der Waals surface area contributed by atoms with E-state index in [0.717, 1.165) is 16.9 Å². The maximum atomic E-state index is 12.1. The van der Waals surface area contributed by atoms with Gasteiger partial charge in [0.25, 0.3) is 0 Å². The Balaban J connectivity index is 1.61. The summed E-state index contributed by atoms with van der Waals surface area (Å²) in [5, 5.41) is 3.64. The third kappa shape index (κ3) is 5.88. The molecule has 27 heavy (non-hydrogen) atoms. The molecule has 0 aromatic heterocycles. The molecule has 0 radical (unpaired) electrons. The summed E-state index contributed by atoms with van der Waals surface area (Å²) in [5.41, 5.74) is 2.42. The molecule has 0 bridgehead atoms. The first-order valence-electron chi connectivity index (χ1n) is 8.31. The average Bonchev–Trinajstić information content (AvgIpc) is 2.69. The van der Waals surface area contributed by atoms with Gasteiger partial charge >= 0.3 is 0 Å². The third-order valence-electron chi connectivity index (χ3n) is 3.72. The van der Waals surface area contributed by atoms with Crippen molar-refractivity contribution in [2.75, 3.05) is 5.32 Å². The van der Waals surface area contributed by atoms with E-state index in [-0.39, 0.29) is 5.91 Å². The number of amides is 1. The number of halogens is 2. The summed E-state index contributed by atoms with van der Waals surface area (Å²) in [4.78, 5) is 12.1. The number of hydrogen-bond donors (Lipinski definition) is 1. The van der Waals surface area contributed by atoms with Gasteiger partial charge in [0.1, 0.15) is 12.4 Å². The van der Waals surface area contributed by atoms with Crippen LogP contribution < -0.4 is 10.1 Å². The minimum Gasteiger partial charge on any atom is -0.489 e. The molecule has 1 N–H and O–H groups in total. The Morgan fingerprint density at radius 3 is 2.59 bits per heavy atom. The van der Waals surface area contributed by atoms with Crippen LogP contribution in [0.25, 0.3) is 6.08 Å². The molecule has 3 aromatic carbocycles. The van der Waals surface area contributed by atoms with E-state index in [9.17, 15) is 4.79 Å². The van der Waals surface area contributed by atoms with E-state index in [1.54, 1.807) is 24.3 Å². The lowest BCUT2D eigenvalue weighted by atomic mass is 10.2. The molecule has 136 valence electrons. The fourth-order valence-corrected chi connectivity index (χ4v) is 2.73. The van der Waals surface area contributed by atoms with Crippen molar-refractivity contribution >= 4 is 40.9 Å². The zero-order chi connectivity index (χ0) is 19.1. The van der Waals surface area contributed by atoms with E-state index < -0.39 is 0 Å². The molecule has 0 saturated carbocycles. The molecule has 0 atom stereocenters. The number of ether oxygens (including phenoxy) is 1. The van der Waals surface area contributed by atoms with Gasteiger partial charge in [-0.2, -0.15) is 0 Å². The second kappa shape index (κ2) is 9.26. The minimum absolute atomic E-state index is 0.297. The predicted molar refractivity (Wildman–Crippen MR) is 111 cm³/mol. The van der Waals surface area contributed by atoms with Crippen molar-refractivity contribution < 1.29 is 9.53 Å². The summed E-state index contributed by atoms with van der Waals surface area (Å²) in [7, 11) is 0. The fraction of sp³-hybridized carbons (Fsp3) is 0.0455. The van der Waals surface area contributed by atoms with Crippen LogP contribution in [-0.2, 0) is 11.4 Å². The highest BCUT2D eigenvalue weighted by Crippen LogP contribution is 2.25. The first kappa shape index (κ1) is 19.0. The number of carbonyl (C=O) groups is 1. The molecule has 1 amide bonds. The zero-order valence-electron chi connectivity index (χ0n) is 14.4.